The van der Waals surface area contributed by atoms with E-state index in [1.165, 1.54) is 51.7 Å². The Morgan fingerprint density at radius 3 is 2.12 bits per heavy atom. The molecule has 4 atom stereocenters. The smallest absolute Gasteiger partial charge is 0.00533 e. The van der Waals surface area contributed by atoms with Gasteiger partial charge in [-0.3, -0.25) is 0 Å². The Balaban J connectivity index is 1.78. The molecule has 2 heteroatoms. The first-order valence-electron chi connectivity index (χ1n) is 7.62. The summed E-state index contributed by atoms with van der Waals surface area (Å²) in [5, 5.41) is 3.68. The molecule has 2 aliphatic rings. The Morgan fingerprint density at radius 1 is 0.941 bits per heavy atom. The zero-order valence-corrected chi connectivity index (χ0v) is 11.9. The van der Waals surface area contributed by atoms with Gasteiger partial charge in [0.1, 0.15) is 0 Å². The van der Waals surface area contributed by atoms with E-state index >= 15 is 0 Å². The van der Waals surface area contributed by atoms with Crippen molar-refractivity contribution in [3.8, 4) is 0 Å². The molecule has 2 fully saturated rings. The van der Waals surface area contributed by atoms with Crippen LogP contribution in [0.25, 0.3) is 0 Å². The van der Waals surface area contributed by atoms with Crippen molar-refractivity contribution >= 4 is 0 Å². The van der Waals surface area contributed by atoms with Crippen molar-refractivity contribution in [1.29, 1.82) is 0 Å². The van der Waals surface area contributed by atoms with Crippen molar-refractivity contribution in [2.24, 2.45) is 11.8 Å². The monoisotopic (exact) mass is 238 g/mol. The summed E-state index contributed by atoms with van der Waals surface area (Å²) < 4.78 is 0. The molecule has 0 bridgehead atoms. The minimum absolute atomic E-state index is 0.690. The van der Waals surface area contributed by atoms with Crippen LogP contribution in [-0.2, 0) is 0 Å². The fourth-order valence-electron chi connectivity index (χ4n) is 3.56. The Bertz CT molecular complexity index is 217. The van der Waals surface area contributed by atoms with Crippen LogP contribution in [0.3, 0.4) is 0 Å². The lowest BCUT2D eigenvalue weighted by Gasteiger charge is -2.32. The van der Waals surface area contributed by atoms with Crippen molar-refractivity contribution in [3.63, 3.8) is 0 Å². The molecule has 0 aromatic rings. The quantitative estimate of drug-likeness (QED) is 0.796. The van der Waals surface area contributed by atoms with Crippen molar-refractivity contribution in [3.05, 3.63) is 0 Å². The Kier molecular flexibility index (Phi) is 4.87. The summed E-state index contributed by atoms with van der Waals surface area (Å²) in [5.41, 5.74) is 0. The maximum Gasteiger partial charge on any atom is 0.00533 e. The van der Waals surface area contributed by atoms with E-state index in [4.69, 9.17) is 0 Å². The Hall–Kier alpha value is -0.0800. The first-order valence-corrected chi connectivity index (χ1v) is 7.62. The molecule has 1 saturated heterocycles. The van der Waals surface area contributed by atoms with Gasteiger partial charge in [0.15, 0.2) is 0 Å². The fraction of sp³-hybridized carbons (Fsp3) is 1.00. The average molecular weight is 238 g/mol. The first kappa shape index (κ1) is 13.4. The van der Waals surface area contributed by atoms with Gasteiger partial charge in [0, 0.05) is 18.6 Å². The third-order valence-electron chi connectivity index (χ3n) is 4.65. The van der Waals surface area contributed by atoms with Gasteiger partial charge in [-0.05, 0) is 64.5 Å². The van der Waals surface area contributed by atoms with E-state index < -0.39 is 0 Å². The average Bonchev–Trinajstić information content (AvgIpc) is 2.66. The van der Waals surface area contributed by atoms with E-state index in [0.717, 1.165) is 11.8 Å². The van der Waals surface area contributed by atoms with E-state index in [-0.39, 0.29) is 0 Å². The number of hydrogen-bond donors (Lipinski definition) is 1. The zero-order valence-electron chi connectivity index (χ0n) is 11.9. The van der Waals surface area contributed by atoms with Crippen molar-refractivity contribution < 1.29 is 0 Å². The zero-order chi connectivity index (χ0) is 12.3. The van der Waals surface area contributed by atoms with Crippen LogP contribution in [0.5, 0.6) is 0 Å². The Morgan fingerprint density at radius 2 is 1.59 bits per heavy atom. The van der Waals surface area contributed by atoms with Crippen LogP contribution in [0, 0.1) is 11.8 Å². The van der Waals surface area contributed by atoms with E-state index in [2.05, 4.69) is 31.0 Å². The lowest BCUT2D eigenvalue weighted by molar-refractivity contribution is 0.190. The van der Waals surface area contributed by atoms with Gasteiger partial charge >= 0.3 is 0 Å². The molecule has 1 heterocycles. The van der Waals surface area contributed by atoms with Gasteiger partial charge in [0.25, 0.3) is 0 Å². The van der Waals surface area contributed by atoms with Crippen LogP contribution in [0.4, 0.5) is 0 Å². The maximum absolute atomic E-state index is 3.68. The fourth-order valence-corrected chi connectivity index (χ4v) is 3.56. The number of hydrogen-bond acceptors (Lipinski definition) is 2. The largest absolute Gasteiger partial charge is 0.312 e. The molecule has 1 saturated carbocycles. The maximum atomic E-state index is 3.68. The molecule has 2 nitrogen and oxygen atoms in total. The van der Waals surface area contributed by atoms with Gasteiger partial charge in [-0.15, -0.1) is 0 Å². The van der Waals surface area contributed by atoms with E-state index in [1.54, 1.807) is 0 Å². The summed E-state index contributed by atoms with van der Waals surface area (Å²) in [5.74, 6) is 1.97. The second-order valence-corrected chi connectivity index (χ2v) is 6.63. The summed E-state index contributed by atoms with van der Waals surface area (Å²) in [4.78, 5) is 2.73. The molecule has 0 spiro atoms. The molecule has 0 radical (unpaired) electrons. The van der Waals surface area contributed by atoms with E-state index in [0.29, 0.717) is 12.1 Å². The molecule has 1 aliphatic heterocycles. The van der Waals surface area contributed by atoms with Crippen molar-refractivity contribution in [2.45, 2.75) is 65.0 Å². The third kappa shape index (κ3) is 4.26. The van der Waals surface area contributed by atoms with E-state index in [9.17, 15) is 0 Å². The highest BCUT2D eigenvalue weighted by Crippen LogP contribution is 2.31. The topological polar surface area (TPSA) is 15.3 Å². The SMILES string of the molecule is CC1CCC(CN2CCC(C)NC(C)CC2)C1. The summed E-state index contributed by atoms with van der Waals surface area (Å²) in [6.07, 6.45) is 7.03. The highest BCUT2D eigenvalue weighted by Gasteiger charge is 2.24. The molecular formula is C15H30N2. The van der Waals surface area contributed by atoms with Gasteiger partial charge in [0.2, 0.25) is 0 Å². The van der Waals surface area contributed by atoms with Crippen LogP contribution in [-0.4, -0.2) is 36.6 Å². The molecule has 2 rings (SSSR count). The molecule has 0 aromatic heterocycles. The summed E-state index contributed by atoms with van der Waals surface area (Å²) >= 11 is 0. The minimum Gasteiger partial charge on any atom is -0.312 e. The predicted octanol–water partition coefficient (Wildman–Crippen LogP) is 2.89. The summed E-state index contributed by atoms with van der Waals surface area (Å²) in [6.45, 7) is 11.0. The highest BCUT2D eigenvalue weighted by molar-refractivity contribution is 4.79. The standard InChI is InChI=1S/C15H30N2/c1-12-4-5-15(10-12)11-17-8-6-13(2)16-14(3)7-9-17/h12-16H,4-11H2,1-3H3. The van der Waals surface area contributed by atoms with Crippen LogP contribution in [0.15, 0.2) is 0 Å². The molecule has 17 heavy (non-hydrogen) atoms. The third-order valence-corrected chi connectivity index (χ3v) is 4.65. The summed E-state index contributed by atoms with van der Waals surface area (Å²) in [7, 11) is 0. The van der Waals surface area contributed by atoms with Gasteiger partial charge in [-0.2, -0.15) is 0 Å². The molecule has 1 N–H and O–H groups in total. The molecule has 1 aliphatic carbocycles. The second-order valence-electron chi connectivity index (χ2n) is 6.63. The Labute approximate surface area is 107 Å². The minimum atomic E-state index is 0.690. The number of nitrogens with zero attached hydrogens (tertiary/aromatic N) is 1. The lowest BCUT2D eigenvalue weighted by Crippen LogP contribution is -2.44. The van der Waals surface area contributed by atoms with Gasteiger partial charge in [0.05, 0.1) is 0 Å². The number of nitrogens with one attached hydrogen (secondary N) is 1. The van der Waals surface area contributed by atoms with E-state index in [1.807, 2.05) is 0 Å². The lowest BCUT2D eigenvalue weighted by atomic mass is 10.0. The van der Waals surface area contributed by atoms with Crippen LogP contribution >= 0.6 is 0 Å². The predicted molar refractivity (Wildman–Crippen MR) is 74.2 cm³/mol. The summed E-state index contributed by atoms with van der Waals surface area (Å²) in [6, 6.07) is 1.38. The van der Waals surface area contributed by atoms with Crippen molar-refractivity contribution in [2.75, 3.05) is 19.6 Å². The molecule has 0 amide bonds. The van der Waals surface area contributed by atoms with Crippen LogP contribution < -0.4 is 5.32 Å². The molecule has 4 unspecified atom stereocenters. The van der Waals surface area contributed by atoms with Gasteiger partial charge in [-0.1, -0.05) is 13.3 Å². The highest BCUT2D eigenvalue weighted by atomic mass is 15.1. The molecule has 0 aromatic carbocycles. The second kappa shape index (κ2) is 6.19. The normalized spacial score (nSPS) is 41.1. The first-order chi connectivity index (χ1) is 8.13. The van der Waals surface area contributed by atoms with Crippen LogP contribution in [0.1, 0.15) is 52.9 Å². The van der Waals surface area contributed by atoms with Crippen molar-refractivity contribution in [1.82, 2.24) is 10.2 Å². The van der Waals surface area contributed by atoms with Gasteiger partial charge < -0.3 is 10.2 Å². The number of rotatable bonds is 2. The van der Waals surface area contributed by atoms with Crippen LogP contribution in [0.2, 0.25) is 0 Å². The van der Waals surface area contributed by atoms with Gasteiger partial charge in [-0.25, -0.2) is 0 Å². The molecular weight excluding hydrogens is 208 g/mol. The molecule has 100 valence electrons.